The number of rotatable bonds is 6. The highest BCUT2D eigenvalue weighted by molar-refractivity contribution is 6.02. The Morgan fingerprint density at radius 3 is 2.87 bits per heavy atom. The van der Waals surface area contributed by atoms with Crippen LogP contribution < -0.4 is 16.4 Å². The molecule has 9 nitrogen and oxygen atoms in total. The van der Waals surface area contributed by atoms with Crippen LogP contribution in [0.1, 0.15) is 23.7 Å². The number of nitrogens with zero attached hydrogens (tertiary/aromatic N) is 5. The molecule has 0 radical (unpaired) electrons. The number of para-hydroxylation sites is 1. The maximum atomic E-state index is 12.1. The fraction of sp³-hybridized carbons (Fsp3) is 0.273. The van der Waals surface area contributed by atoms with E-state index in [1.165, 1.54) is 6.20 Å². The summed E-state index contributed by atoms with van der Waals surface area (Å²) in [5, 5.41) is 19.9. The highest BCUT2D eigenvalue weighted by Crippen LogP contribution is 2.30. The van der Waals surface area contributed by atoms with E-state index in [0.29, 0.717) is 17.2 Å². The Hall–Kier alpha value is -3.72. The first kappa shape index (κ1) is 19.3. The van der Waals surface area contributed by atoms with Gasteiger partial charge in [0.2, 0.25) is 0 Å². The molecular weight excluding hydrogens is 392 g/mol. The Labute approximate surface area is 179 Å². The molecule has 158 valence electrons. The van der Waals surface area contributed by atoms with Gasteiger partial charge in [-0.15, -0.1) is 5.10 Å². The van der Waals surface area contributed by atoms with Crippen LogP contribution in [0.15, 0.2) is 55.0 Å². The van der Waals surface area contributed by atoms with Gasteiger partial charge in [-0.1, -0.05) is 36.8 Å². The van der Waals surface area contributed by atoms with Crippen LogP contribution in [0.2, 0.25) is 0 Å². The van der Waals surface area contributed by atoms with Gasteiger partial charge in [-0.3, -0.25) is 4.79 Å². The summed E-state index contributed by atoms with van der Waals surface area (Å²) < 4.78 is 3.48. The predicted molar refractivity (Wildman–Crippen MR) is 118 cm³/mol. The third kappa shape index (κ3) is 3.53. The van der Waals surface area contributed by atoms with Crippen molar-refractivity contribution in [2.24, 2.45) is 11.7 Å². The summed E-state index contributed by atoms with van der Waals surface area (Å²) in [6.07, 6.45) is 6.33. The first-order valence-electron chi connectivity index (χ1n) is 10.4. The van der Waals surface area contributed by atoms with Gasteiger partial charge in [0.1, 0.15) is 5.69 Å². The molecule has 2 atom stereocenters. The van der Waals surface area contributed by atoms with E-state index >= 15 is 0 Å². The van der Waals surface area contributed by atoms with Crippen LogP contribution >= 0.6 is 0 Å². The van der Waals surface area contributed by atoms with E-state index in [0.717, 1.165) is 42.0 Å². The molecule has 1 fully saturated rings. The van der Waals surface area contributed by atoms with Crippen molar-refractivity contribution in [2.45, 2.75) is 19.4 Å². The summed E-state index contributed by atoms with van der Waals surface area (Å²) in [6, 6.07) is 12.0. The third-order valence-electron chi connectivity index (χ3n) is 5.91. The standard InChI is InChI=1S/C22H24N8O/c1-2-14-9-24-11-18(14)26-21-17(22(23)31)10-25-30-12-15(8-20(21)30)19-13-29(28-27-19)16-6-4-3-5-7-16/h3-8,10,12-14,18,24,26H,2,9,11H2,1H3,(H2,23,31)/t14?,18-/m1/s1. The lowest BCUT2D eigenvalue weighted by molar-refractivity contribution is 0.100. The zero-order valence-corrected chi connectivity index (χ0v) is 17.2. The maximum absolute atomic E-state index is 12.1. The van der Waals surface area contributed by atoms with Crippen molar-refractivity contribution in [3.8, 4) is 16.9 Å². The first-order valence-corrected chi connectivity index (χ1v) is 10.4. The smallest absolute Gasteiger partial charge is 0.252 e. The summed E-state index contributed by atoms with van der Waals surface area (Å²) in [7, 11) is 0. The molecule has 4 heterocycles. The van der Waals surface area contributed by atoms with E-state index in [4.69, 9.17) is 5.73 Å². The van der Waals surface area contributed by atoms with E-state index in [9.17, 15) is 4.79 Å². The van der Waals surface area contributed by atoms with Crippen LogP contribution in [0.5, 0.6) is 0 Å². The van der Waals surface area contributed by atoms with Crippen molar-refractivity contribution in [2.75, 3.05) is 18.4 Å². The van der Waals surface area contributed by atoms with Crippen molar-refractivity contribution in [1.82, 2.24) is 29.9 Å². The number of benzene rings is 1. The Balaban J connectivity index is 1.55. The van der Waals surface area contributed by atoms with Crippen LogP contribution in [-0.4, -0.2) is 49.6 Å². The number of hydrogen-bond acceptors (Lipinski definition) is 6. The third-order valence-corrected chi connectivity index (χ3v) is 5.91. The van der Waals surface area contributed by atoms with Gasteiger partial charge in [-0.25, -0.2) is 9.20 Å². The van der Waals surface area contributed by atoms with Gasteiger partial charge in [-0.05, 0) is 24.1 Å². The Morgan fingerprint density at radius 2 is 2.10 bits per heavy atom. The summed E-state index contributed by atoms with van der Waals surface area (Å²) in [5.74, 6) is -0.0246. The molecule has 31 heavy (non-hydrogen) atoms. The zero-order valence-electron chi connectivity index (χ0n) is 17.2. The minimum Gasteiger partial charge on any atom is -0.378 e. The number of primary amides is 1. The van der Waals surface area contributed by atoms with E-state index in [1.54, 1.807) is 9.20 Å². The number of hydrogen-bond donors (Lipinski definition) is 3. The van der Waals surface area contributed by atoms with Gasteiger partial charge in [0, 0.05) is 30.9 Å². The summed E-state index contributed by atoms with van der Waals surface area (Å²) in [6.45, 7) is 3.97. The SMILES string of the molecule is CCC1CNC[C@H]1Nc1c(C(N)=O)cnn2cc(-c3cn(-c4ccccc4)nn3)cc12. The Kier molecular flexibility index (Phi) is 4.87. The number of fused-ring (bicyclic) bond motifs is 1. The normalized spacial score (nSPS) is 18.5. The van der Waals surface area contributed by atoms with Crippen LogP contribution in [0.25, 0.3) is 22.5 Å². The average molecular weight is 416 g/mol. The first-order chi connectivity index (χ1) is 15.1. The summed E-state index contributed by atoms with van der Waals surface area (Å²) in [4.78, 5) is 12.1. The number of anilines is 1. The second-order valence-corrected chi connectivity index (χ2v) is 7.82. The lowest BCUT2D eigenvalue weighted by atomic mass is 10.00. The fourth-order valence-electron chi connectivity index (χ4n) is 4.15. The van der Waals surface area contributed by atoms with Crippen LogP contribution in [-0.2, 0) is 0 Å². The minimum atomic E-state index is -0.505. The second kappa shape index (κ2) is 7.84. The van der Waals surface area contributed by atoms with Crippen molar-refractivity contribution in [3.05, 3.63) is 60.6 Å². The van der Waals surface area contributed by atoms with E-state index in [-0.39, 0.29) is 6.04 Å². The van der Waals surface area contributed by atoms with Crippen LogP contribution in [0, 0.1) is 5.92 Å². The number of carbonyl (C=O) groups excluding carboxylic acids is 1. The molecule has 1 aromatic carbocycles. The molecule has 0 aliphatic carbocycles. The topological polar surface area (TPSA) is 115 Å². The molecule has 0 bridgehead atoms. The van der Waals surface area contributed by atoms with Crippen LogP contribution in [0.3, 0.4) is 0 Å². The molecule has 9 heteroatoms. The Bertz CT molecular complexity index is 1230. The van der Waals surface area contributed by atoms with Gasteiger partial charge in [0.05, 0.1) is 34.8 Å². The van der Waals surface area contributed by atoms with Crippen molar-refractivity contribution in [1.29, 1.82) is 0 Å². The molecule has 1 aliphatic rings. The number of amides is 1. The lowest BCUT2D eigenvalue weighted by Crippen LogP contribution is -2.30. The maximum Gasteiger partial charge on any atom is 0.252 e. The van der Waals surface area contributed by atoms with Gasteiger partial charge in [0.15, 0.2) is 0 Å². The largest absolute Gasteiger partial charge is 0.378 e. The molecule has 5 rings (SSSR count). The quantitative estimate of drug-likeness (QED) is 0.443. The summed E-state index contributed by atoms with van der Waals surface area (Å²) >= 11 is 0. The molecular formula is C22H24N8O. The number of nitrogens with one attached hydrogen (secondary N) is 2. The second-order valence-electron chi connectivity index (χ2n) is 7.82. The molecule has 1 amide bonds. The van der Waals surface area contributed by atoms with E-state index < -0.39 is 5.91 Å². The lowest BCUT2D eigenvalue weighted by Gasteiger charge is -2.21. The molecule has 0 spiro atoms. The minimum absolute atomic E-state index is 0.214. The number of carbonyl (C=O) groups is 1. The van der Waals surface area contributed by atoms with Gasteiger partial charge >= 0.3 is 0 Å². The predicted octanol–water partition coefficient (Wildman–Crippen LogP) is 2.09. The van der Waals surface area contributed by atoms with Gasteiger partial charge in [0.25, 0.3) is 5.91 Å². The Morgan fingerprint density at radius 1 is 1.26 bits per heavy atom. The van der Waals surface area contributed by atoms with E-state index in [1.807, 2.05) is 48.8 Å². The number of nitrogens with two attached hydrogens (primary N) is 1. The monoisotopic (exact) mass is 416 g/mol. The van der Waals surface area contributed by atoms with Crippen molar-refractivity contribution in [3.63, 3.8) is 0 Å². The highest BCUT2D eigenvalue weighted by atomic mass is 16.1. The van der Waals surface area contributed by atoms with Gasteiger partial charge < -0.3 is 16.4 Å². The fourth-order valence-corrected chi connectivity index (χ4v) is 4.15. The summed E-state index contributed by atoms with van der Waals surface area (Å²) in [5.41, 5.74) is 10.0. The molecule has 4 N–H and O–H groups in total. The number of aromatic nitrogens is 5. The molecule has 1 saturated heterocycles. The van der Waals surface area contributed by atoms with Crippen molar-refractivity contribution < 1.29 is 4.79 Å². The highest BCUT2D eigenvalue weighted by Gasteiger charge is 2.27. The zero-order chi connectivity index (χ0) is 21.4. The average Bonchev–Trinajstić information content (AvgIpc) is 3.53. The molecule has 1 aliphatic heterocycles. The molecule has 0 saturated carbocycles. The molecule has 3 aromatic heterocycles. The van der Waals surface area contributed by atoms with Crippen molar-refractivity contribution >= 4 is 17.1 Å². The molecule has 1 unspecified atom stereocenters. The van der Waals surface area contributed by atoms with Crippen LogP contribution in [0.4, 0.5) is 5.69 Å². The van der Waals surface area contributed by atoms with E-state index in [2.05, 4.69) is 33.0 Å². The molecule has 4 aromatic rings. The van der Waals surface area contributed by atoms with Gasteiger partial charge in [-0.2, -0.15) is 5.10 Å².